The first kappa shape index (κ1) is 13.0. The first-order valence-electron chi connectivity index (χ1n) is 6.09. The van der Waals surface area contributed by atoms with Crippen LogP contribution in [0.5, 0.6) is 0 Å². The van der Waals surface area contributed by atoms with Gasteiger partial charge in [-0.25, -0.2) is 9.78 Å². The number of hydrogen-bond acceptors (Lipinski definition) is 5. The lowest BCUT2D eigenvalue weighted by Gasteiger charge is -2.21. The summed E-state index contributed by atoms with van der Waals surface area (Å²) < 4.78 is 5.39. The minimum Gasteiger partial charge on any atom is -0.458 e. The van der Waals surface area contributed by atoms with Gasteiger partial charge in [-0.05, 0) is 25.7 Å². The second-order valence-electron chi connectivity index (χ2n) is 4.38. The Kier molecular flexibility index (Phi) is 4.30. The molecule has 0 radical (unpaired) electrons. The molecule has 1 heterocycles. The molecule has 5 nitrogen and oxygen atoms in total. The van der Waals surface area contributed by atoms with Crippen LogP contribution in [0.3, 0.4) is 0 Å². The lowest BCUT2D eigenvalue weighted by Crippen LogP contribution is -2.21. The van der Waals surface area contributed by atoms with Gasteiger partial charge in [0.1, 0.15) is 6.10 Å². The lowest BCUT2D eigenvalue weighted by atomic mass is 9.98. The molecule has 1 aromatic rings. The highest BCUT2D eigenvalue weighted by molar-refractivity contribution is 7.14. The van der Waals surface area contributed by atoms with Crippen LogP contribution in [0.15, 0.2) is 5.38 Å². The summed E-state index contributed by atoms with van der Waals surface area (Å²) in [5, 5.41) is 4.58. The van der Waals surface area contributed by atoms with Gasteiger partial charge in [0.15, 0.2) is 10.8 Å². The Labute approximate surface area is 110 Å². The Morgan fingerprint density at radius 1 is 1.39 bits per heavy atom. The van der Waals surface area contributed by atoms with Crippen molar-refractivity contribution in [2.45, 2.75) is 45.1 Å². The number of hydrogen-bond donors (Lipinski definition) is 1. The molecule has 1 fully saturated rings. The van der Waals surface area contributed by atoms with E-state index in [1.54, 1.807) is 5.38 Å². The zero-order valence-electron chi connectivity index (χ0n) is 10.3. The average molecular weight is 268 g/mol. The maximum absolute atomic E-state index is 11.8. The van der Waals surface area contributed by atoms with E-state index >= 15 is 0 Å². The molecule has 0 unspecified atom stereocenters. The summed E-state index contributed by atoms with van der Waals surface area (Å²) in [7, 11) is 0. The monoisotopic (exact) mass is 268 g/mol. The van der Waals surface area contributed by atoms with Crippen LogP contribution in [-0.4, -0.2) is 23.0 Å². The number of nitrogens with one attached hydrogen (secondary N) is 1. The largest absolute Gasteiger partial charge is 0.458 e. The molecule has 1 aliphatic carbocycles. The van der Waals surface area contributed by atoms with Gasteiger partial charge in [0.05, 0.1) is 0 Å². The van der Waals surface area contributed by atoms with Gasteiger partial charge in [0.2, 0.25) is 5.91 Å². The molecule has 1 aromatic heterocycles. The fourth-order valence-corrected chi connectivity index (χ4v) is 2.70. The molecule has 0 spiro atoms. The average Bonchev–Trinajstić information content (AvgIpc) is 2.78. The summed E-state index contributed by atoms with van der Waals surface area (Å²) in [6.45, 7) is 1.40. The molecular formula is C12H16N2O3S. The van der Waals surface area contributed by atoms with Crippen molar-refractivity contribution >= 4 is 28.3 Å². The molecule has 0 saturated heterocycles. The van der Waals surface area contributed by atoms with Crippen molar-refractivity contribution < 1.29 is 14.3 Å². The van der Waals surface area contributed by atoms with Crippen molar-refractivity contribution in [2.75, 3.05) is 5.32 Å². The summed E-state index contributed by atoms with van der Waals surface area (Å²) in [6, 6.07) is 0. The van der Waals surface area contributed by atoms with E-state index in [1.807, 2.05) is 0 Å². The van der Waals surface area contributed by atoms with Gasteiger partial charge in [-0.1, -0.05) is 6.42 Å². The Hall–Kier alpha value is -1.43. The van der Waals surface area contributed by atoms with Crippen molar-refractivity contribution in [1.82, 2.24) is 4.98 Å². The van der Waals surface area contributed by atoms with Gasteiger partial charge in [-0.3, -0.25) is 4.79 Å². The fourth-order valence-electron chi connectivity index (χ4n) is 1.97. The number of thiazole rings is 1. The van der Waals surface area contributed by atoms with Crippen molar-refractivity contribution in [3.05, 3.63) is 11.1 Å². The second-order valence-corrected chi connectivity index (χ2v) is 5.24. The highest BCUT2D eigenvalue weighted by Gasteiger charge is 2.20. The third kappa shape index (κ3) is 3.53. The number of amides is 1. The number of ether oxygens (including phenoxy) is 1. The molecule has 0 atom stereocenters. The minimum atomic E-state index is -0.394. The van der Waals surface area contributed by atoms with Crippen LogP contribution in [0.2, 0.25) is 0 Å². The number of carbonyl (C=O) groups is 2. The lowest BCUT2D eigenvalue weighted by molar-refractivity contribution is -0.114. The highest BCUT2D eigenvalue weighted by atomic mass is 32.1. The number of esters is 1. The molecule has 2 rings (SSSR count). The predicted octanol–water partition coefficient (Wildman–Crippen LogP) is 2.59. The normalized spacial score (nSPS) is 16.3. The van der Waals surface area contributed by atoms with Gasteiger partial charge in [0.25, 0.3) is 0 Å². The highest BCUT2D eigenvalue weighted by Crippen LogP contribution is 2.22. The first-order chi connectivity index (χ1) is 8.65. The standard InChI is InChI=1S/C12H16N2O3S/c1-8(15)13-12-14-10(7-18-12)11(16)17-9-5-3-2-4-6-9/h7,9H,2-6H2,1H3,(H,13,14,15). The number of aromatic nitrogens is 1. The molecule has 1 saturated carbocycles. The minimum absolute atomic E-state index is 0.0252. The summed E-state index contributed by atoms with van der Waals surface area (Å²) in [5.41, 5.74) is 0.273. The van der Waals surface area contributed by atoms with Gasteiger partial charge in [-0.2, -0.15) is 0 Å². The number of carbonyl (C=O) groups excluding carboxylic acids is 2. The number of nitrogens with zero attached hydrogens (tertiary/aromatic N) is 1. The Morgan fingerprint density at radius 3 is 2.78 bits per heavy atom. The van der Waals surface area contributed by atoms with Crippen molar-refractivity contribution in [2.24, 2.45) is 0 Å². The smallest absolute Gasteiger partial charge is 0.358 e. The molecule has 18 heavy (non-hydrogen) atoms. The topological polar surface area (TPSA) is 68.3 Å². The Bertz CT molecular complexity index is 438. The first-order valence-corrected chi connectivity index (χ1v) is 6.97. The maximum Gasteiger partial charge on any atom is 0.358 e. The van der Waals surface area contributed by atoms with Gasteiger partial charge in [-0.15, -0.1) is 11.3 Å². The van der Waals surface area contributed by atoms with E-state index in [4.69, 9.17) is 4.74 Å². The maximum atomic E-state index is 11.8. The van der Waals surface area contributed by atoms with E-state index < -0.39 is 5.97 Å². The van der Waals surface area contributed by atoms with E-state index in [1.165, 1.54) is 24.7 Å². The van der Waals surface area contributed by atoms with Crippen LogP contribution in [0.4, 0.5) is 5.13 Å². The molecule has 98 valence electrons. The van der Waals surface area contributed by atoms with E-state index in [0.717, 1.165) is 25.7 Å². The molecule has 6 heteroatoms. The number of rotatable bonds is 3. The second kappa shape index (κ2) is 5.95. The fraction of sp³-hybridized carbons (Fsp3) is 0.583. The summed E-state index contributed by atoms with van der Waals surface area (Å²) in [6.07, 6.45) is 5.36. The van der Waals surface area contributed by atoms with Gasteiger partial charge < -0.3 is 10.1 Å². The summed E-state index contributed by atoms with van der Waals surface area (Å²) in [5.74, 6) is -0.591. The molecule has 0 aliphatic heterocycles. The summed E-state index contributed by atoms with van der Waals surface area (Å²) in [4.78, 5) is 26.7. The zero-order valence-corrected chi connectivity index (χ0v) is 11.1. The Balaban J connectivity index is 1.91. The SMILES string of the molecule is CC(=O)Nc1nc(C(=O)OC2CCCCC2)cs1. The van der Waals surface area contributed by atoms with E-state index in [-0.39, 0.29) is 17.7 Å². The van der Waals surface area contributed by atoms with Crippen molar-refractivity contribution in [3.8, 4) is 0 Å². The van der Waals surface area contributed by atoms with Crippen LogP contribution < -0.4 is 5.32 Å². The predicted molar refractivity (Wildman–Crippen MR) is 68.7 cm³/mol. The molecule has 0 bridgehead atoms. The molecule has 1 N–H and O–H groups in total. The van der Waals surface area contributed by atoms with Crippen molar-refractivity contribution in [3.63, 3.8) is 0 Å². The van der Waals surface area contributed by atoms with Crippen LogP contribution >= 0.6 is 11.3 Å². The molecule has 1 aliphatic rings. The number of anilines is 1. The molecule has 0 aromatic carbocycles. The third-order valence-corrected chi connectivity index (χ3v) is 3.58. The van der Waals surface area contributed by atoms with E-state index in [0.29, 0.717) is 5.13 Å². The molecular weight excluding hydrogens is 252 g/mol. The van der Waals surface area contributed by atoms with Crippen molar-refractivity contribution in [1.29, 1.82) is 0 Å². The van der Waals surface area contributed by atoms with Gasteiger partial charge in [0, 0.05) is 12.3 Å². The van der Waals surface area contributed by atoms with Crippen LogP contribution in [-0.2, 0) is 9.53 Å². The van der Waals surface area contributed by atoms with Crippen LogP contribution in [0, 0.1) is 0 Å². The summed E-state index contributed by atoms with van der Waals surface area (Å²) >= 11 is 1.22. The van der Waals surface area contributed by atoms with Gasteiger partial charge >= 0.3 is 5.97 Å². The van der Waals surface area contributed by atoms with Crippen LogP contribution in [0.1, 0.15) is 49.5 Å². The van der Waals surface area contributed by atoms with Crippen LogP contribution in [0.25, 0.3) is 0 Å². The Morgan fingerprint density at radius 2 is 2.11 bits per heavy atom. The zero-order chi connectivity index (χ0) is 13.0. The molecule has 1 amide bonds. The van der Waals surface area contributed by atoms with E-state index in [9.17, 15) is 9.59 Å². The third-order valence-electron chi connectivity index (χ3n) is 2.82. The quantitative estimate of drug-likeness (QED) is 0.855. The van der Waals surface area contributed by atoms with E-state index in [2.05, 4.69) is 10.3 Å².